The van der Waals surface area contributed by atoms with E-state index < -0.39 is 23.2 Å². The number of aromatic nitrogens is 7. The van der Waals surface area contributed by atoms with Crippen molar-refractivity contribution in [3.8, 4) is 11.5 Å². The number of pyridine rings is 2. The average molecular weight is 528 g/mol. The maximum absolute atomic E-state index is 13.3. The Bertz CT molecular complexity index is 1790. The Morgan fingerprint density at radius 3 is 2.55 bits per heavy atom. The topological polar surface area (TPSA) is 159 Å². The molecule has 13 nitrogen and oxygen atoms in total. The third-order valence-electron chi connectivity index (χ3n) is 5.71. The number of rotatable bonds is 6. The summed E-state index contributed by atoms with van der Waals surface area (Å²) in [5.41, 5.74) is 4.12. The van der Waals surface area contributed by atoms with Crippen LogP contribution in [0, 0.1) is 0 Å². The SMILES string of the molecule is CNc1cn2ncc(Oc3cnc4nc(Nc5cc(C(F)(F)F)cn(C)c5=O)n(C)c4c3C(N)=O)c2cn1. The maximum Gasteiger partial charge on any atom is 0.417 e. The van der Waals surface area contributed by atoms with Crippen molar-refractivity contribution in [2.75, 3.05) is 17.7 Å². The van der Waals surface area contributed by atoms with Crippen LogP contribution >= 0.6 is 0 Å². The molecule has 0 spiro atoms. The standard InChI is InChI=1S/C22H19F3N10O3/c1-27-15-9-35-12(5-28-15)13(7-30-35)38-14-6-29-19-17(16(14)18(26)36)34(3)21(32-19)31-11-4-10(22(23,24)25)8-33(2)20(11)37/h4-9,27H,1-3H3,(H2,26,36)(H,29,31,32). The highest BCUT2D eigenvalue weighted by Crippen LogP contribution is 2.34. The second-order valence-corrected chi connectivity index (χ2v) is 8.17. The van der Waals surface area contributed by atoms with Gasteiger partial charge in [0.25, 0.3) is 11.5 Å². The predicted octanol–water partition coefficient (Wildman–Crippen LogP) is 2.40. The molecule has 0 saturated carbocycles. The number of aryl methyl sites for hydroxylation is 2. The summed E-state index contributed by atoms with van der Waals surface area (Å²) in [5.74, 6) is -0.107. The molecule has 5 rings (SSSR count). The van der Waals surface area contributed by atoms with Crippen molar-refractivity contribution in [1.29, 1.82) is 0 Å². The number of carbonyl (C=O) groups excluding carboxylic acids is 1. The molecule has 4 N–H and O–H groups in total. The van der Waals surface area contributed by atoms with Crippen molar-refractivity contribution in [1.82, 2.24) is 33.7 Å². The van der Waals surface area contributed by atoms with Crippen molar-refractivity contribution in [3.63, 3.8) is 0 Å². The van der Waals surface area contributed by atoms with Crippen LogP contribution in [0.15, 0.2) is 41.8 Å². The Morgan fingerprint density at radius 1 is 1.11 bits per heavy atom. The lowest BCUT2D eigenvalue weighted by Gasteiger charge is -2.12. The van der Waals surface area contributed by atoms with Crippen LogP contribution in [0.25, 0.3) is 16.7 Å². The highest BCUT2D eigenvalue weighted by Gasteiger charge is 2.32. The Labute approximate surface area is 210 Å². The van der Waals surface area contributed by atoms with Gasteiger partial charge in [0.05, 0.1) is 30.4 Å². The van der Waals surface area contributed by atoms with Gasteiger partial charge in [-0.2, -0.15) is 23.3 Å². The lowest BCUT2D eigenvalue weighted by molar-refractivity contribution is -0.138. The highest BCUT2D eigenvalue weighted by molar-refractivity contribution is 6.06. The van der Waals surface area contributed by atoms with Crippen molar-refractivity contribution in [2.24, 2.45) is 19.8 Å². The Kier molecular flexibility index (Phi) is 5.65. The molecular weight excluding hydrogens is 509 g/mol. The van der Waals surface area contributed by atoms with Crippen molar-refractivity contribution < 1.29 is 22.7 Å². The first-order valence-electron chi connectivity index (χ1n) is 10.9. The molecule has 0 aromatic carbocycles. The van der Waals surface area contributed by atoms with Gasteiger partial charge in [-0.1, -0.05) is 0 Å². The van der Waals surface area contributed by atoms with E-state index in [2.05, 4.69) is 30.7 Å². The minimum atomic E-state index is -4.68. The number of ether oxygens (including phenoxy) is 1. The second kappa shape index (κ2) is 8.75. The number of hydrogen-bond donors (Lipinski definition) is 3. The molecule has 5 aromatic heterocycles. The molecule has 38 heavy (non-hydrogen) atoms. The highest BCUT2D eigenvalue weighted by atomic mass is 19.4. The van der Waals surface area contributed by atoms with Gasteiger partial charge in [0.2, 0.25) is 5.95 Å². The van der Waals surface area contributed by atoms with Crippen LogP contribution in [0.2, 0.25) is 0 Å². The molecule has 5 heterocycles. The van der Waals surface area contributed by atoms with Gasteiger partial charge in [0, 0.05) is 27.3 Å². The first kappa shape index (κ1) is 24.5. The van der Waals surface area contributed by atoms with Crippen LogP contribution in [-0.2, 0) is 20.3 Å². The Morgan fingerprint density at radius 2 is 1.87 bits per heavy atom. The number of imidazole rings is 1. The fraction of sp³-hybridized carbons (Fsp3) is 0.182. The minimum absolute atomic E-state index is 0.0119. The van der Waals surface area contributed by atoms with Crippen LogP contribution < -0.4 is 26.7 Å². The Hall–Kier alpha value is -5.15. The van der Waals surface area contributed by atoms with Gasteiger partial charge < -0.3 is 30.2 Å². The van der Waals surface area contributed by atoms with Crippen molar-refractivity contribution >= 4 is 40.0 Å². The number of anilines is 3. The fourth-order valence-corrected chi connectivity index (χ4v) is 3.85. The monoisotopic (exact) mass is 528 g/mol. The third-order valence-corrected chi connectivity index (χ3v) is 5.71. The molecule has 0 aliphatic heterocycles. The number of nitrogens with one attached hydrogen (secondary N) is 2. The quantitative estimate of drug-likeness (QED) is 0.301. The zero-order chi connectivity index (χ0) is 27.4. The summed E-state index contributed by atoms with van der Waals surface area (Å²) in [7, 11) is 4.38. The lowest BCUT2D eigenvalue weighted by Crippen LogP contribution is -2.23. The van der Waals surface area contributed by atoms with Crippen LogP contribution in [0.4, 0.5) is 30.6 Å². The first-order chi connectivity index (χ1) is 18.0. The molecule has 5 aromatic rings. The van der Waals surface area contributed by atoms with Gasteiger partial charge in [0.1, 0.15) is 28.1 Å². The number of halogens is 3. The number of carbonyl (C=O) groups is 1. The maximum atomic E-state index is 13.3. The molecule has 0 fully saturated rings. The summed E-state index contributed by atoms with van der Waals surface area (Å²) in [6, 6.07) is 0.678. The van der Waals surface area contributed by atoms with E-state index >= 15 is 0 Å². The first-order valence-corrected chi connectivity index (χ1v) is 10.9. The fourth-order valence-electron chi connectivity index (χ4n) is 3.85. The molecular formula is C22H19F3N10O3. The number of amides is 1. The van der Waals surface area contributed by atoms with E-state index in [9.17, 15) is 22.8 Å². The van der Waals surface area contributed by atoms with Gasteiger partial charge in [-0.15, -0.1) is 0 Å². The normalized spacial score (nSPS) is 11.7. The number of alkyl halides is 3. The molecule has 196 valence electrons. The zero-order valence-corrected chi connectivity index (χ0v) is 20.0. The zero-order valence-electron chi connectivity index (χ0n) is 20.0. The third kappa shape index (κ3) is 4.10. The molecule has 1 amide bonds. The molecule has 0 unspecified atom stereocenters. The lowest BCUT2D eigenvalue weighted by atomic mass is 10.2. The van der Waals surface area contributed by atoms with E-state index in [1.807, 2.05) is 0 Å². The number of hydrogen-bond acceptors (Lipinski definition) is 9. The van der Waals surface area contributed by atoms with Gasteiger partial charge in [0.15, 0.2) is 17.1 Å². The van der Waals surface area contributed by atoms with Crippen molar-refractivity contribution in [2.45, 2.75) is 6.18 Å². The molecule has 0 saturated heterocycles. The van der Waals surface area contributed by atoms with Crippen LogP contribution in [0.1, 0.15) is 15.9 Å². The molecule has 0 aliphatic carbocycles. The average Bonchev–Trinajstić information content (AvgIpc) is 3.41. The summed E-state index contributed by atoms with van der Waals surface area (Å²) in [5, 5.41) is 9.70. The van der Waals surface area contributed by atoms with E-state index in [0.29, 0.717) is 23.6 Å². The van der Waals surface area contributed by atoms with E-state index in [1.54, 1.807) is 13.2 Å². The summed E-state index contributed by atoms with van der Waals surface area (Å²) in [6.45, 7) is 0. The largest absolute Gasteiger partial charge is 0.451 e. The van der Waals surface area contributed by atoms with E-state index in [0.717, 1.165) is 4.57 Å². The molecule has 16 heteroatoms. The van der Waals surface area contributed by atoms with E-state index in [1.165, 1.54) is 41.8 Å². The Balaban J connectivity index is 1.59. The predicted molar refractivity (Wildman–Crippen MR) is 130 cm³/mol. The van der Waals surface area contributed by atoms with Gasteiger partial charge in [-0.3, -0.25) is 9.59 Å². The molecule has 0 aliphatic rings. The number of fused-ring (bicyclic) bond motifs is 2. The summed E-state index contributed by atoms with van der Waals surface area (Å²) in [4.78, 5) is 37.7. The second-order valence-electron chi connectivity index (χ2n) is 8.17. The summed E-state index contributed by atoms with van der Waals surface area (Å²) in [6.07, 6.45) is 1.83. The van der Waals surface area contributed by atoms with Crippen molar-refractivity contribution in [3.05, 3.63) is 58.5 Å². The number of primary amides is 1. The molecule has 0 radical (unpaired) electrons. The number of nitrogens with zero attached hydrogens (tertiary/aromatic N) is 7. The van der Waals surface area contributed by atoms with Crippen LogP contribution in [-0.4, -0.2) is 46.7 Å². The van der Waals surface area contributed by atoms with Crippen LogP contribution in [0.5, 0.6) is 11.5 Å². The summed E-state index contributed by atoms with van der Waals surface area (Å²) < 4.78 is 49.5. The van der Waals surface area contributed by atoms with Crippen LogP contribution in [0.3, 0.4) is 0 Å². The van der Waals surface area contributed by atoms with E-state index in [4.69, 9.17) is 10.5 Å². The van der Waals surface area contributed by atoms with Gasteiger partial charge in [-0.25, -0.2) is 14.5 Å². The minimum Gasteiger partial charge on any atom is -0.451 e. The summed E-state index contributed by atoms with van der Waals surface area (Å²) >= 11 is 0. The van der Waals surface area contributed by atoms with Gasteiger partial charge >= 0.3 is 6.18 Å². The van der Waals surface area contributed by atoms with Gasteiger partial charge in [-0.05, 0) is 6.07 Å². The van der Waals surface area contributed by atoms with E-state index in [-0.39, 0.29) is 39.9 Å². The smallest absolute Gasteiger partial charge is 0.417 e. The molecule has 0 atom stereocenters. The molecule has 0 bridgehead atoms. The number of nitrogens with two attached hydrogens (primary N) is 1.